The van der Waals surface area contributed by atoms with E-state index in [4.69, 9.17) is 0 Å². The molecule has 0 saturated carbocycles. The molecule has 15 heavy (non-hydrogen) atoms. The first-order valence-electron chi connectivity index (χ1n) is 4.96. The maximum atomic E-state index is 4.45. The van der Waals surface area contributed by atoms with Crippen LogP contribution in [0.5, 0.6) is 0 Å². The van der Waals surface area contributed by atoms with Gasteiger partial charge in [0.2, 0.25) is 0 Å². The first kappa shape index (κ1) is 12.4. The number of nitrogens with zero attached hydrogens (tertiary/aromatic N) is 3. The highest BCUT2D eigenvalue weighted by atomic mass is 79.9. The number of hydrogen-bond donors (Lipinski definition) is 1. The first-order chi connectivity index (χ1) is 7.04. The zero-order valence-corrected chi connectivity index (χ0v) is 11.2. The first-order valence-corrected chi connectivity index (χ1v) is 5.75. The van der Waals surface area contributed by atoms with Crippen LogP contribution in [-0.4, -0.2) is 35.5 Å². The highest BCUT2D eigenvalue weighted by Crippen LogP contribution is 2.22. The van der Waals surface area contributed by atoms with E-state index >= 15 is 0 Å². The molecule has 84 valence electrons. The number of nitrogens with one attached hydrogen (secondary N) is 1. The van der Waals surface area contributed by atoms with Gasteiger partial charge < -0.3 is 10.2 Å². The molecule has 0 radical (unpaired) electrons. The van der Waals surface area contributed by atoms with Gasteiger partial charge in [-0.25, -0.2) is 9.97 Å². The summed E-state index contributed by atoms with van der Waals surface area (Å²) >= 11 is 3.48. The van der Waals surface area contributed by atoms with Crippen molar-refractivity contribution < 1.29 is 0 Å². The van der Waals surface area contributed by atoms with E-state index in [0.29, 0.717) is 0 Å². The highest BCUT2D eigenvalue weighted by molar-refractivity contribution is 9.10. The number of hydrogen-bond acceptors (Lipinski definition) is 4. The van der Waals surface area contributed by atoms with Gasteiger partial charge in [-0.3, -0.25) is 0 Å². The molecule has 0 bridgehead atoms. The fraction of sp³-hybridized carbons (Fsp3) is 0.600. The van der Waals surface area contributed by atoms with Crippen LogP contribution in [-0.2, 0) is 6.54 Å². The van der Waals surface area contributed by atoms with Crippen LogP contribution in [0.25, 0.3) is 0 Å². The maximum Gasteiger partial charge on any atom is 0.145 e. The molecule has 1 aromatic rings. The molecule has 0 aromatic carbocycles. The monoisotopic (exact) mass is 272 g/mol. The highest BCUT2D eigenvalue weighted by Gasteiger charge is 2.08. The summed E-state index contributed by atoms with van der Waals surface area (Å²) in [6.07, 6.45) is 0. The minimum atomic E-state index is 0.756. The Morgan fingerprint density at radius 3 is 2.53 bits per heavy atom. The molecule has 1 aromatic heterocycles. The summed E-state index contributed by atoms with van der Waals surface area (Å²) < 4.78 is 0.951. The number of anilines is 1. The van der Waals surface area contributed by atoms with Crippen molar-refractivity contribution in [3.63, 3.8) is 0 Å². The van der Waals surface area contributed by atoms with Gasteiger partial charge in [-0.15, -0.1) is 0 Å². The van der Waals surface area contributed by atoms with E-state index in [1.165, 1.54) is 0 Å². The maximum absolute atomic E-state index is 4.45. The fourth-order valence-electron chi connectivity index (χ4n) is 1.26. The Bertz CT molecular complexity index is 338. The third-order valence-corrected chi connectivity index (χ3v) is 2.81. The molecule has 0 unspecified atom stereocenters. The average molecular weight is 273 g/mol. The van der Waals surface area contributed by atoms with Crippen molar-refractivity contribution in [2.75, 3.05) is 26.0 Å². The average Bonchev–Trinajstić information content (AvgIpc) is 2.12. The molecule has 0 atom stereocenters. The zero-order chi connectivity index (χ0) is 11.4. The van der Waals surface area contributed by atoms with Gasteiger partial charge in [0.05, 0.1) is 16.7 Å². The molecule has 0 fully saturated rings. The van der Waals surface area contributed by atoms with E-state index in [2.05, 4.69) is 43.0 Å². The molecule has 5 heteroatoms. The van der Waals surface area contributed by atoms with E-state index in [1.807, 2.05) is 21.0 Å². The molecule has 1 rings (SSSR count). The van der Waals surface area contributed by atoms with Crippen molar-refractivity contribution in [2.45, 2.75) is 20.4 Å². The van der Waals surface area contributed by atoms with Crippen molar-refractivity contribution >= 4 is 21.7 Å². The van der Waals surface area contributed by atoms with Crippen LogP contribution in [0.15, 0.2) is 4.47 Å². The Morgan fingerprint density at radius 2 is 2.00 bits per heavy atom. The van der Waals surface area contributed by atoms with Crippen LogP contribution in [0.2, 0.25) is 0 Å². The van der Waals surface area contributed by atoms with Gasteiger partial charge in [0, 0.05) is 6.54 Å². The van der Waals surface area contributed by atoms with Gasteiger partial charge in [-0.05, 0) is 43.9 Å². The second kappa shape index (κ2) is 5.42. The van der Waals surface area contributed by atoms with Crippen LogP contribution >= 0.6 is 15.9 Å². The van der Waals surface area contributed by atoms with E-state index < -0.39 is 0 Å². The Kier molecular flexibility index (Phi) is 4.47. The van der Waals surface area contributed by atoms with Gasteiger partial charge in [-0.2, -0.15) is 0 Å². The van der Waals surface area contributed by atoms with Gasteiger partial charge in [0.15, 0.2) is 0 Å². The lowest BCUT2D eigenvalue weighted by Crippen LogP contribution is -2.15. The Hall–Kier alpha value is -0.680. The molecular formula is C10H17BrN4. The molecule has 0 aliphatic heterocycles. The molecule has 0 aliphatic rings. The predicted octanol–water partition coefficient (Wildman–Crippen LogP) is 2.04. The van der Waals surface area contributed by atoms with Crippen molar-refractivity contribution in [3.05, 3.63) is 16.0 Å². The summed E-state index contributed by atoms with van der Waals surface area (Å²) in [5.74, 6) is 1.72. The summed E-state index contributed by atoms with van der Waals surface area (Å²) in [7, 11) is 4.02. The number of aromatic nitrogens is 2. The van der Waals surface area contributed by atoms with E-state index in [0.717, 1.165) is 34.9 Å². The smallest absolute Gasteiger partial charge is 0.145 e. The van der Waals surface area contributed by atoms with Gasteiger partial charge in [0.25, 0.3) is 0 Å². The zero-order valence-electron chi connectivity index (χ0n) is 9.63. The molecule has 1 N–H and O–H groups in total. The molecule has 4 nitrogen and oxygen atoms in total. The summed E-state index contributed by atoms with van der Waals surface area (Å²) in [4.78, 5) is 10.9. The van der Waals surface area contributed by atoms with E-state index in [1.54, 1.807) is 0 Å². The molecule has 0 amide bonds. The second-order valence-electron chi connectivity index (χ2n) is 3.66. The minimum absolute atomic E-state index is 0.756. The van der Waals surface area contributed by atoms with Crippen LogP contribution in [0.4, 0.5) is 5.82 Å². The van der Waals surface area contributed by atoms with Gasteiger partial charge in [-0.1, -0.05) is 0 Å². The molecule has 0 spiro atoms. The van der Waals surface area contributed by atoms with Gasteiger partial charge in [0.1, 0.15) is 11.6 Å². The van der Waals surface area contributed by atoms with Crippen LogP contribution in [0, 0.1) is 6.92 Å². The number of rotatable bonds is 4. The Morgan fingerprint density at radius 1 is 1.33 bits per heavy atom. The van der Waals surface area contributed by atoms with Crippen LogP contribution < -0.4 is 5.32 Å². The third kappa shape index (κ3) is 3.43. The van der Waals surface area contributed by atoms with Gasteiger partial charge >= 0.3 is 0 Å². The van der Waals surface area contributed by atoms with Crippen LogP contribution in [0.1, 0.15) is 18.4 Å². The predicted molar refractivity (Wildman–Crippen MR) is 66.0 cm³/mol. The fourth-order valence-corrected chi connectivity index (χ4v) is 1.57. The van der Waals surface area contributed by atoms with Crippen molar-refractivity contribution in [1.29, 1.82) is 0 Å². The second-order valence-corrected chi connectivity index (χ2v) is 4.45. The number of halogens is 1. The Labute approximate surface area is 99.2 Å². The summed E-state index contributed by atoms with van der Waals surface area (Å²) in [6.45, 7) is 5.64. The van der Waals surface area contributed by atoms with Crippen LogP contribution in [0.3, 0.4) is 0 Å². The van der Waals surface area contributed by atoms with E-state index in [-0.39, 0.29) is 0 Å². The molecule has 0 saturated heterocycles. The molecule has 1 heterocycles. The molecular weight excluding hydrogens is 256 g/mol. The standard InChI is InChI=1S/C10H17BrN4/c1-5-12-10-9(11)7(2)13-8(14-10)6-15(3)4/h5-6H2,1-4H3,(H,12,13,14). The summed E-state index contributed by atoms with van der Waals surface area (Å²) in [6, 6.07) is 0. The Balaban J connectivity index is 3.00. The number of aryl methyl sites for hydroxylation is 1. The van der Waals surface area contributed by atoms with Crippen molar-refractivity contribution in [3.8, 4) is 0 Å². The quantitative estimate of drug-likeness (QED) is 0.911. The molecule has 0 aliphatic carbocycles. The lowest BCUT2D eigenvalue weighted by Gasteiger charge is -2.12. The van der Waals surface area contributed by atoms with Crippen molar-refractivity contribution in [1.82, 2.24) is 14.9 Å². The summed E-state index contributed by atoms with van der Waals surface area (Å²) in [5, 5.41) is 3.21. The lowest BCUT2D eigenvalue weighted by atomic mass is 10.4. The third-order valence-electron chi connectivity index (χ3n) is 1.87. The SMILES string of the molecule is CCNc1nc(CN(C)C)nc(C)c1Br. The lowest BCUT2D eigenvalue weighted by molar-refractivity contribution is 0.390. The largest absolute Gasteiger partial charge is 0.369 e. The summed E-state index contributed by atoms with van der Waals surface area (Å²) in [5.41, 5.74) is 0.970. The topological polar surface area (TPSA) is 41.1 Å². The normalized spacial score (nSPS) is 10.8. The minimum Gasteiger partial charge on any atom is -0.369 e. The van der Waals surface area contributed by atoms with E-state index in [9.17, 15) is 0 Å². The van der Waals surface area contributed by atoms with Crippen molar-refractivity contribution in [2.24, 2.45) is 0 Å².